The lowest BCUT2D eigenvalue weighted by molar-refractivity contribution is -0.120. The Balaban J connectivity index is 1.24. The highest BCUT2D eigenvalue weighted by Gasteiger charge is 2.41. The Hall–Kier alpha value is -3.84. The van der Waals surface area contributed by atoms with Crippen LogP contribution in [0.1, 0.15) is 48.8 Å². The van der Waals surface area contributed by atoms with Crippen LogP contribution in [-0.4, -0.2) is 101 Å². The van der Waals surface area contributed by atoms with E-state index in [4.69, 9.17) is 9.72 Å². The van der Waals surface area contributed by atoms with E-state index in [0.29, 0.717) is 46.5 Å². The quantitative estimate of drug-likeness (QED) is 0.436. The largest absolute Gasteiger partial charge is 0.495 e. The van der Waals surface area contributed by atoms with Crippen LogP contribution in [0.2, 0.25) is 0 Å². The minimum absolute atomic E-state index is 0.0778. The highest BCUT2D eigenvalue weighted by atomic mass is 32.1. The predicted molar refractivity (Wildman–Crippen MR) is 163 cm³/mol. The second kappa shape index (κ2) is 11.8. The lowest BCUT2D eigenvalue weighted by atomic mass is 10.0. The van der Waals surface area contributed by atoms with E-state index in [2.05, 4.69) is 44.3 Å². The van der Waals surface area contributed by atoms with Crippen molar-refractivity contribution in [3.05, 3.63) is 29.4 Å². The molecule has 0 bridgehead atoms. The number of hydrogen-bond donors (Lipinski definition) is 1. The number of carbonyl (C=O) groups is 2. The van der Waals surface area contributed by atoms with Gasteiger partial charge in [-0.2, -0.15) is 4.98 Å². The molecule has 2 fully saturated rings. The van der Waals surface area contributed by atoms with Crippen LogP contribution in [0.25, 0.3) is 10.6 Å². The van der Waals surface area contributed by atoms with Gasteiger partial charge in [-0.15, -0.1) is 10.2 Å². The summed E-state index contributed by atoms with van der Waals surface area (Å²) in [5.41, 5.74) is 2.22. The standard InChI is InChI=1S/C29H37N9O3S/c1-5-21-27(39)36(3)22-17-30-29(32-24(22)38(21)19-8-6-7-9-19)31-20-11-10-18(16-23(20)41-4)25-33-34-26(42-25)28(40)37-14-12-35(2)13-15-37/h10-11,16-17,19,21H,5-9,12-15H2,1-4H3,(H,30,31,32). The molecule has 4 heterocycles. The molecule has 12 nitrogen and oxygen atoms in total. The first-order chi connectivity index (χ1) is 20.4. The van der Waals surface area contributed by atoms with Gasteiger partial charge in [0.05, 0.1) is 19.0 Å². The zero-order chi connectivity index (χ0) is 29.4. The number of carbonyl (C=O) groups excluding carboxylic acids is 2. The first-order valence-corrected chi connectivity index (χ1v) is 15.4. The van der Waals surface area contributed by atoms with Crippen molar-refractivity contribution in [3.63, 3.8) is 0 Å². The molecular weight excluding hydrogens is 554 g/mol. The number of hydrogen-bond acceptors (Lipinski definition) is 11. The third-order valence-corrected chi connectivity index (χ3v) is 9.47. The fourth-order valence-electron chi connectivity index (χ4n) is 6.06. The maximum absolute atomic E-state index is 13.2. The molecule has 1 saturated carbocycles. The number of fused-ring (bicyclic) bond motifs is 1. The van der Waals surface area contributed by atoms with Crippen molar-refractivity contribution in [1.82, 2.24) is 30.0 Å². The molecule has 1 atom stereocenters. The number of benzene rings is 1. The maximum atomic E-state index is 13.2. The van der Waals surface area contributed by atoms with Crippen LogP contribution in [0.3, 0.4) is 0 Å². The highest BCUT2D eigenvalue weighted by molar-refractivity contribution is 7.16. The molecule has 1 aromatic carbocycles. The fraction of sp³-hybridized carbons (Fsp3) is 0.517. The van der Waals surface area contributed by atoms with E-state index in [0.717, 1.165) is 62.3 Å². The molecule has 1 saturated heterocycles. The van der Waals surface area contributed by atoms with Gasteiger partial charge in [0.25, 0.3) is 5.91 Å². The second-order valence-corrected chi connectivity index (χ2v) is 12.1. The SMILES string of the molecule is CCC1C(=O)N(C)c2cnc(Nc3ccc(-c4nnc(C(=O)N5CCN(C)CC5)s4)cc3OC)nc2N1C1CCCC1. The molecule has 13 heteroatoms. The molecule has 3 aliphatic rings. The van der Waals surface area contributed by atoms with Crippen LogP contribution >= 0.6 is 11.3 Å². The Morgan fingerprint density at radius 3 is 2.60 bits per heavy atom. The van der Waals surface area contributed by atoms with Crippen LogP contribution < -0.4 is 19.9 Å². The van der Waals surface area contributed by atoms with E-state index >= 15 is 0 Å². The third kappa shape index (κ3) is 5.26. The van der Waals surface area contributed by atoms with E-state index in [9.17, 15) is 9.59 Å². The molecule has 2 aliphatic heterocycles. The molecule has 0 spiro atoms. The molecule has 2 aromatic heterocycles. The summed E-state index contributed by atoms with van der Waals surface area (Å²) < 4.78 is 5.72. The van der Waals surface area contributed by atoms with Crippen molar-refractivity contribution < 1.29 is 14.3 Å². The van der Waals surface area contributed by atoms with Gasteiger partial charge in [0, 0.05) is 44.8 Å². The average molecular weight is 592 g/mol. The van der Waals surface area contributed by atoms with Gasteiger partial charge in [0.2, 0.25) is 16.9 Å². The molecular formula is C29H37N9O3S. The first-order valence-electron chi connectivity index (χ1n) is 14.6. The summed E-state index contributed by atoms with van der Waals surface area (Å²) in [6, 6.07) is 5.73. The smallest absolute Gasteiger partial charge is 0.284 e. The third-order valence-electron chi connectivity index (χ3n) is 8.51. The maximum Gasteiger partial charge on any atom is 0.284 e. The Morgan fingerprint density at radius 2 is 1.88 bits per heavy atom. The van der Waals surface area contributed by atoms with Crippen molar-refractivity contribution in [2.45, 2.75) is 51.1 Å². The van der Waals surface area contributed by atoms with Crippen LogP contribution in [0.5, 0.6) is 5.75 Å². The van der Waals surface area contributed by atoms with Gasteiger partial charge in [-0.05, 0) is 44.5 Å². The number of ether oxygens (including phenoxy) is 1. The topological polar surface area (TPSA) is 120 Å². The summed E-state index contributed by atoms with van der Waals surface area (Å²) in [5.74, 6) is 1.81. The van der Waals surface area contributed by atoms with Crippen molar-refractivity contribution >= 4 is 46.3 Å². The van der Waals surface area contributed by atoms with Gasteiger partial charge in [-0.25, -0.2) is 4.98 Å². The van der Waals surface area contributed by atoms with Crippen LogP contribution in [0.15, 0.2) is 24.4 Å². The Labute approximate surface area is 249 Å². The van der Waals surface area contributed by atoms with E-state index in [1.807, 2.05) is 23.1 Å². The molecule has 0 radical (unpaired) electrons. The monoisotopic (exact) mass is 591 g/mol. The normalized spacial score (nSPS) is 19.8. The second-order valence-electron chi connectivity index (χ2n) is 11.1. The van der Waals surface area contributed by atoms with Crippen molar-refractivity contribution in [1.29, 1.82) is 0 Å². The summed E-state index contributed by atoms with van der Waals surface area (Å²) >= 11 is 1.28. The number of nitrogens with zero attached hydrogens (tertiary/aromatic N) is 8. The zero-order valence-corrected chi connectivity index (χ0v) is 25.4. The minimum atomic E-state index is -0.234. The summed E-state index contributed by atoms with van der Waals surface area (Å²) in [6.45, 7) is 5.13. The molecule has 222 valence electrons. The highest BCUT2D eigenvalue weighted by Crippen LogP contribution is 2.40. The summed E-state index contributed by atoms with van der Waals surface area (Å²) in [4.78, 5) is 43.6. The Morgan fingerprint density at radius 1 is 1.12 bits per heavy atom. The molecule has 2 amide bonds. The minimum Gasteiger partial charge on any atom is -0.495 e. The van der Waals surface area contributed by atoms with E-state index in [-0.39, 0.29) is 17.9 Å². The van der Waals surface area contributed by atoms with E-state index in [1.165, 1.54) is 11.3 Å². The number of rotatable bonds is 7. The van der Waals surface area contributed by atoms with Crippen LogP contribution in [-0.2, 0) is 4.79 Å². The van der Waals surface area contributed by atoms with E-state index in [1.54, 1.807) is 25.3 Å². The van der Waals surface area contributed by atoms with Crippen molar-refractivity contribution in [3.8, 4) is 16.3 Å². The van der Waals surface area contributed by atoms with Crippen LogP contribution in [0.4, 0.5) is 23.1 Å². The number of piperazine rings is 1. The first kappa shape index (κ1) is 28.3. The van der Waals surface area contributed by atoms with Gasteiger partial charge in [-0.1, -0.05) is 31.1 Å². The number of likely N-dealkylation sites (N-methyl/N-ethyl adjacent to an activating group) is 2. The number of amides is 2. The van der Waals surface area contributed by atoms with Gasteiger partial charge in [0.1, 0.15) is 22.5 Å². The fourth-order valence-corrected chi connectivity index (χ4v) is 6.87. The average Bonchev–Trinajstić information content (AvgIpc) is 3.72. The van der Waals surface area contributed by atoms with Crippen LogP contribution in [0, 0.1) is 0 Å². The number of nitrogens with one attached hydrogen (secondary N) is 1. The Kier molecular flexibility index (Phi) is 7.95. The molecule has 3 aromatic rings. The lowest BCUT2D eigenvalue weighted by Gasteiger charge is -2.43. The summed E-state index contributed by atoms with van der Waals surface area (Å²) in [5, 5.41) is 12.8. The molecule has 6 rings (SSSR count). The molecule has 1 unspecified atom stereocenters. The van der Waals surface area contributed by atoms with Gasteiger partial charge in [0.15, 0.2) is 5.82 Å². The van der Waals surface area contributed by atoms with Gasteiger partial charge >= 0.3 is 0 Å². The van der Waals surface area contributed by atoms with E-state index < -0.39 is 0 Å². The zero-order valence-electron chi connectivity index (χ0n) is 24.5. The van der Waals surface area contributed by atoms with Gasteiger partial charge in [-0.3, -0.25) is 9.59 Å². The summed E-state index contributed by atoms with van der Waals surface area (Å²) in [7, 11) is 5.46. The number of anilines is 4. The van der Waals surface area contributed by atoms with Gasteiger partial charge < -0.3 is 29.7 Å². The molecule has 1 N–H and O–H groups in total. The van der Waals surface area contributed by atoms with Crippen molar-refractivity contribution in [2.24, 2.45) is 0 Å². The van der Waals surface area contributed by atoms with Crippen molar-refractivity contribution in [2.75, 3.05) is 62.5 Å². The Bertz CT molecular complexity index is 1470. The summed E-state index contributed by atoms with van der Waals surface area (Å²) in [6.07, 6.45) is 6.88. The molecule has 42 heavy (non-hydrogen) atoms. The lowest BCUT2D eigenvalue weighted by Crippen LogP contribution is -2.55. The number of methoxy groups -OCH3 is 1. The predicted octanol–water partition coefficient (Wildman–Crippen LogP) is 3.64. The number of aromatic nitrogens is 4. The molecule has 1 aliphatic carbocycles.